The number of rotatable bonds is 6. The molecule has 1 aromatic heterocycles. The second-order valence-corrected chi connectivity index (χ2v) is 4.95. The highest BCUT2D eigenvalue weighted by Crippen LogP contribution is 2.20. The zero-order valence-corrected chi connectivity index (χ0v) is 13.7. The number of pyridine rings is 1. The van der Waals surface area contributed by atoms with E-state index in [-0.39, 0.29) is 5.11 Å². The molecule has 2 rings (SSSR count). The number of benzene rings is 1. The number of ether oxygens (including phenoxy) is 2. The molecule has 7 nitrogen and oxygen atoms in total. The van der Waals surface area contributed by atoms with Crippen LogP contribution < -0.4 is 15.9 Å². The Balaban J connectivity index is 2.03. The average molecular weight is 344 g/mol. The van der Waals surface area contributed by atoms with Crippen molar-refractivity contribution >= 4 is 29.5 Å². The summed E-state index contributed by atoms with van der Waals surface area (Å²) in [5, 5.41) is 3.95. The predicted octanol–water partition coefficient (Wildman–Crippen LogP) is 2.22. The standard InChI is InChI=1S/C16H16N4O3S/c1-2-22-15(21)12-7-8-18-14(9-12)23-13-5-3-11(4-6-13)10-19-20-16(17)24/h3-10H,2H2,1H3,(H3,17,20,24). The number of nitrogens with two attached hydrogens (primary N) is 1. The van der Waals surface area contributed by atoms with Gasteiger partial charge in [0.05, 0.1) is 18.4 Å². The predicted molar refractivity (Wildman–Crippen MR) is 94.2 cm³/mol. The van der Waals surface area contributed by atoms with E-state index in [1.165, 1.54) is 12.3 Å². The lowest BCUT2D eigenvalue weighted by Gasteiger charge is -2.06. The minimum atomic E-state index is -0.415. The van der Waals surface area contributed by atoms with Crippen LogP contribution in [0.4, 0.5) is 0 Å². The first kappa shape index (κ1) is 17.4. The van der Waals surface area contributed by atoms with Crippen molar-refractivity contribution in [1.29, 1.82) is 0 Å². The van der Waals surface area contributed by atoms with E-state index in [2.05, 4.69) is 27.7 Å². The Morgan fingerprint density at radius 3 is 2.79 bits per heavy atom. The van der Waals surface area contributed by atoms with Crippen LogP contribution in [0.25, 0.3) is 0 Å². The number of nitrogens with one attached hydrogen (secondary N) is 1. The number of carbonyl (C=O) groups excluding carboxylic acids is 1. The van der Waals surface area contributed by atoms with Crippen molar-refractivity contribution in [2.45, 2.75) is 6.92 Å². The first-order valence-corrected chi connectivity index (χ1v) is 7.49. The largest absolute Gasteiger partial charge is 0.462 e. The van der Waals surface area contributed by atoms with Crippen LogP contribution in [0.1, 0.15) is 22.8 Å². The van der Waals surface area contributed by atoms with E-state index >= 15 is 0 Å². The van der Waals surface area contributed by atoms with Gasteiger partial charge in [0.25, 0.3) is 0 Å². The maximum atomic E-state index is 11.7. The van der Waals surface area contributed by atoms with E-state index in [1.54, 1.807) is 43.5 Å². The van der Waals surface area contributed by atoms with Crippen molar-refractivity contribution in [3.8, 4) is 11.6 Å². The highest BCUT2D eigenvalue weighted by molar-refractivity contribution is 7.80. The number of hydrogen-bond donors (Lipinski definition) is 2. The zero-order chi connectivity index (χ0) is 17.4. The van der Waals surface area contributed by atoms with Gasteiger partial charge in [-0.05, 0) is 55.0 Å². The number of hydrogen-bond acceptors (Lipinski definition) is 6. The monoisotopic (exact) mass is 344 g/mol. The first-order chi connectivity index (χ1) is 11.6. The van der Waals surface area contributed by atoms with Crippen LogP contribution in [-0.2, 0) is 4.74 Å². The number of thiocarbonyl (C=S) groups is 1. The minimum Gasteiger partial charge on any atom is -0.462 e. The van der Waals surface area contributed by atoms with Gasteiger partial charge in [-0.1, -0.05) is 0 Å². The van der Waals surface area contributed by atoms with Crippen LogP contribution in [0.3, 0.4) is 0 Å². The summed E-state index contributed by atoms with van der Waals surface area (Å²) in [5.41, 5.74) is 8.95. The van der Waals surface area contributed by atoms with Gasteiger partial charge in [0.2, 0.25) is 5.88 Å². The lowest BCUT2D eigenvalue weighted by atomic mass is 10.2. The minimum absolute atomic E-state index is 0.0961. The van der Waals surface area contributed by atoms with Gasteiger partial charge in [0, 0.05) is 12.3 Å². The molecule has 124 valence electrons. The number of esters is 1. The molecule has 0 aliphatic rings. The quantitative estimate of drug-likeness (QED) is 0.359. The zero-order valence-electron chi connectivity index (χ0n) is 12.9. The Bertz CT molecular complexity index is 747. The number of nitrogens with zero attached hydrogens (tertiary/aromatic N) is 2. The van der Waals surface area contributed by atoms with Crippen LogP contribution >= 0.6 is 12.2 Å². The molecule has 0 amide bonds. The number of aromatic nitrogens is 1. The fourth-order valence-corrected chi connectivity index (χ4v) is 1.77. The summed E-state index contributed by atoms with van der Waals surface area (Å²) in [4.78, 5) is 15.8. The molecule has 0 aliphatic carbocycles. The number of carbonyl (C=O) groups is 1. The van der Waals surface area contributed by atoms with Crippen molar-refractivity contribution in [1.82, 2.24) is 10.4 Å². The molecule has 0 unspecified atom stereocenters. The van der Waals surface area contributed by atoms with Crippen molar-refractivity contribution in [3.63, 3.8) is 0 Å². The van der Waals surface area contributed by atoms with Crippen molar-refractivity contribution in [2.75, 3.05) is 6.61 Å². The van der Waals surface area contributed by atoms with E-state index in [0.29, 0.717) is 23.8 Å². The third-order valence-electron chi connectivity index (χ3n) is 2.74. The van der Waals surface area contributed by atoms with Gasteiger partial charge in [-0.3, -0.25) is 5.43 Å². The SMILES string of the molecule is CCOC(=O)c1ccnc(Oc2ccc(C=NNC(N)=S)cc2)c1. The second kappa shape index (κ2) is 8.59. The van der Waals surface area contributed by atoms with Gasteiger partial charge in [-0.15, -0.1) is 0 Å². The molecule has 1 heterocycles. The third kappa shape index (κ3) is 5.33. The molecule has 24 heavy (non-hydrogen) atoms. The molecule has 0 bridgehead atoms. The van der Waals surface area contributed by atoms with Gasteiger partial charge in [-0.25, -0.2) is 9.78 Å². The van der Waals surface area contributed by atoms with E-state index in [9.17, 15) is 4.79 Å². The first-order valence-electron chi connectivity index (χ1n) is 7.08. The molecule has 8 heteroatoms. The maximum Gasteiger partial charge on any atom is 0.338 e. The normalized spacial score (nSPS) is 10.4. The summed E-state index contributed by atoms with van der Waals surface area (Å²) >= 11 is 4.64. The Labute approximate surface area is 144 Å². The van der Waals surface area contributed by atoms with Gasteiger partial charge >= 0.3 is 5.97 Å². The highest BCUT2D eigenvalue weighted by atomic mass is 32.1. The molecule has 0 saturated carbocycles. The highest BCUT2D eigenvalue weighted by Gasteiger charge is 2.08. The van der Waals surface area contributed by atoms with Crippen LogP contribution in [-0.4, -0.2) is 28.9 Å². The Hall–Kier alpha value is -3.00. The lowest BCUT2D eigenvalue weighted by Crippen LogP contribution is -2.23. The van der Waals surface area contributed by atoms with E-state index in [1.807, 2.05) is 0 Å². The molecule has 0 spiro atoms. The molecule has 2 aromatic rings. The summed E-state index contributed by atoms with van der Waals surface area (Å²) < 4.78 is 10.6. The molecular weight excluding hydrogens is 328 g/mol. The number of hydrazone groups is 1. The Kier molecular flexibility index (Phi) is 6.21. The van der Waals surface area contributed by atoms with Gasteiger partial charge in [0.15, 0.2) is 5.11 Å². The molecular formula is C16H16N4O3S. The third-order valence-corrected chi connectivity index (χ3v) is 2.83. The maximum absolute atomic E-state index is 11.7. The van der Waals surface area contributed by atoms with Gasteiger partial charge < -0.3 is 15.2 Å². The van der Waals surface area contributed by atoms with Crippen LogP contribution in [0.5, 0.6) is 11.6 Å². The summed E-state index contributed by atoms with van der Waals surface area (Å²) in [7, 11) is 0. The molecule has 1 aromatic carbocycles. The van der Waals surface area contributed by atoms with Crippen LogP contribution in [0.2, 0.25) is 0 Å². The van der Waals surface area contributed by atoms with E-state index < -0.39 is 5.97 Å². The molecule has 0 aliphatic heterocycles. The molecule has 3 N–H and O–H groups in total. The molecule has 0 radical (unpaired) electrons. The fraction of sp³-hybridized carbons (Fsp3) is 0.125. The topological polar surface area (TPSA) is 98.8 Å². The summed E-state index contributed by atoms with van der Waals surface area (Å²) in [6.45, 7) is 2.06. The van der Waals surface area contributed by atoms with Crippen molar-refractivity contribution in [2.24, 2.45) is 10.8 Å². The summed E-state index contributed by atoms with van der Waals surface area (Å²) in [6.07, 6.45) is 3.06. The van der Waals surface area contributed by atoms with Crippen LogP contribution in [0.15, 0.2) is 47.7 Å². The fourth-order valence-electron chi connectivity index (χ4n) is 1.72. The summed E-state index contributed by atoms with van der Waals surface area (Å²) in [5.74, 6) is 0.460. The molecule has 0 saturated heterocycles. The van der Waals surface area contributed by atoms with E-state index in [4.69, 9.17) is 15.2 Å². The smallest absolute Gasteiger partial charge is 0.338 e. The Morgan fingerprint density at radius 2 is 2.12 bits per heavy atom. The lowest BCUT2D eigenvalue weighted by molar-refractivity contribution is 0.0526. The van der Waals surface area contributed by atoms with Crippen molar-refractivity contribution < 1.29 is 14.3 Å². The molecule has 0 atom stereocenters. The summed E-state index contributed by atoms with van der Waals surface area (Å²) in [6, 6.07) is 10.2. The molecule has 0 fully saturated rings. The van der Waals surface area contributed by atoms with E-state index in [0.717, 1.165) is 5.56 Å². The van der Waals surface area contributed by atoms with Crippen LogP contribution in [0, 0.1) is 0 Å². The average Bonchev–Trinajstić information content (AvgIpc) is 2.57. The van der Waals surface area contributed by atoms with Gasteiger partial charge in [-0.2, -0.15) is 5.10 Å². The second-order valence-electron chi connectivity index (χ2n) is 4.51. The van der Waals surface area contributed by atoms with Gasteiger partial charge in [0.1, 0.15) is 5.75 Å². The Morgan fingerprint density at radius 1 is 1.38 bits per heavy atom. The van der Waals surface area contributed by atoms with Crippen molar-refractivity contribution in [3.05, 3.63) is 53.7 Å².